The van der Waals surface area contributed by atoms with Crippen molar-refractivity contribution < 1.29 is 9.47 Å². The molecule has 1 aliphatic rings. The molecule has 19 heavy (non-hydrogen) atoms. The summed E-state index contributed by atoms with van der Waals surface area (Å²) in [6, 6.07) is 4.90. The molecule has 0 amide bonds. The van der Waals surface area contributed by atoms with Crippen LogP contribution >= 0.6 is 0 Å². The summed E-state index contributed by atoms with van der Waals surface area (Å²) in [5.41, 5.74) is 2.22. The van der Waals surface area contributed by atoms with Crippen molar-refractivity contribution in [2.75, 3.05) is 19.8 Å². The Labute approximate surface area is 115 Å². The Morgan fingerprint density at radius 1 is 1.21 bits per heavy atom. The van der Waals surface area contributed by atoms with Gasteiger partial charge in [0.2, 0.25) is 0 Å². The van der Waals surface area contributed by atoms with Crippen molar-refractivity contribution in [2.45, 2.75) is 45.4 Å². The lowest BCUT2D eigenvalue weighted by atomic mass is 10.2. The number of pyridine rings is 1. The van der Waals surface area contributed by atoms with Crippen LogP contribution in [0.1, 0.15) is 37.4 Å². The third-order valence-corrected chi connectivity index (χ3v) is 3.03. The average Bonchev–Trinajstić information content (AvgIpc) is 3.26. The van der Waals surface area contributed by atoms with E-state index in [9.17, 15) is 0 Å². The van der Waals surface area contributed by atoms with E-state index in [4.69, 9.17) is 9.47 Å². The molecule has 2 rings (SSSR count). The monoisotopic (exact) mass is 264 g/mol. The lowest BCUT2D eigenvalue weighted by molar-refractivity contribution is 0.0397. The second-order valence-electron chi connectivity index (χ2n) is 4.98. The number of nitrogens with zero attached hydrogens (tertiary/aromatic N) is 1. The molecule has 0 unspecified atom stereocenters. The third-order valence-electron chi connectivity index (χ3n) is 3.03. The third kappa shape index (κ3) is 6.14. The van der Waals surface area contributed by atoms with E-state index in [0.717, 1.165) is 31.3 Å². The molecule has 1 N–H and O–H groups in total. The number of hydrogen-bond donors (Lipinski definition) is 1. The number of ether oxygens (including phenoxy) is 2. The number of nitrogens with one attached hydrogen (secondary N) is 1. The van der Waals surface area contributed by atoms with Gasteiger partial charge in [-0.1, -0.05) is 13.0 Å². The molecule has 1 aromatic heterocycles. The zero-order chi connectivity index (χ0) is 13.3. The highest BCUT2D eigenvalue weighted by atomic mass is 16.5. The van der Waals surface area contributed by atoms with Gasteiger partial charge in [-0.15, -0.1) is 0 Å². The molecule has 1 saturated carbocycles. The molecule has 4 heteroatoms. The molecule has 1 heterocycles. The van der Waals surface area contributed by atoms with Crippen LogP contribution in [0.25, 0.3) is 0 Å². The molecule has 0 bridgehead atoms. The minimum atomic E-state index is 0.561. The highest BCUT2D eigenvalue weighted by Gasteiger charge is 2.19. The Hall–Kier alpha value is -0.970. The molecular weight excluding hydrogens is 240 g/mol. The van der Waals surface area contributed by atoms with Crippen molar-refractivity contribution in [1.82, 2.24) is 10.3 Å². The van der Waals surface area contributed by atoms with Gasteiger partial charge in [-0.25, -0.2) is 0 Å². The van der Waals surface area contributed by atoms with E-state index in [1.54, 1.807) is 0 Å². The highest BCUT2D eigenvalue weighted by molar-refractivity contribution is 5.13. The first-order valence-electron chi connectivity index (χ1n) is 7.21. The first kappa shape index (κ1) is 14.4. The quantitative estimate of drug-likeness (QED) is 0.658. The molecule has 106 valence electrons. The van der Waals surface area contributed by atoms with Gasteiger partial charge in [-0.05, 0) is 30.9 Å². The van der Waals surface area contributed by atoms with Gasteiger partial charge in [0, 0.05) is 25.4 Å². The maximum atomic E-state index is 5.51. The largest absolute Gasteiger partial charge is 0.379 e. The van der Waals surface area contributed by atoms with Crippen molar-refractivity contribution in [3.05, 3.63) is 29.6 Å². The maximum absolute atomic E-state index is 5.51. The Morgan fingerprint density at radius 3 is 2.74 bits per heavy atom. The molecule has 1 fully saturated rings. The van der Waals surface area contributed by atoms with E-state index in [-0.39, 0.29) is 0 Å². The van der Waals surface area contributed by atoms with Crippen LogP contribution in [-0.2, 0) is 22.6 Å². The van der Waals surface area contributed by atoms with E-state index in [0.29, 0.717) is 19.8 Å². The maximum Gasteiger partial charge on any atom is 0.0889 e. The van der Waals surface area contributed by atoms with Crippen LogP contribution in [0.3, 0.4) is 0 Å². The van der Waals surface area contributed by atoms with E-state index < -0.39 is 0 Å². The van der Waals surface area contributed by atoms with E-state index in [2.05, 4.69) is 23.3 Å². The van der Waals surface area contributed by atoms with Crippen LogP contribution in [0.2, 0.25) is 0 Å². The summed E-state index contributed by atoms with van der Waals surface area (Å²) in [6.45, 7) is 5.69. The fraction of sp³-hybridized carbons (Fsp3) is 0.667. The standard InChI is InChI=1S/C15H24N2O2/c1-2-7-18-8-9-19-12-15-4-3-13(11-17-15)10-16-14-5-6-14/h3-4,11,14,16H,2,5-10,12H2,1H3. The van der Waals surface area contributed by atoms with Crippen molar-refractivity contribution >= 4 is 0 Å². The van der Waals surface area contributed by atoms with Crippen LogP contribution < -0.4 is 5.32 Å². The van der Waals surface area contributed by atoms with Crippen molar-refractivity contribution in [3.63, 3.8) is 0 Å². The van der Waals surface area contributed by atoms with Gasteiger partial charge in [0.15, 0.2) is 0 Å². The van der Waals surface area contributed by atoms with Crippen molar-refractivity contribution in [3.8, 4) is 0 Å². The molecule has 1 aliphatic carbocycles. The summed E-state index contributed by atoms with van der Waals surface area (Å²) < 4.78 is 10.9. The van der Waals surface area contributed by atoms with Crippen LogP contribution in [0.4, 0.5) is 0 Å². The minimum Gasteiger partial charge on any atom is -0.379 e. The van der Waals surface area contributed by atoms with Gasteiger partial charge in [0.05, 0.1) is 25.5 Å². The SMILES string of the molecule is CCCOCCOCc1ccc(CNC2CC2)cn1. The van der Waals surface area contributed by atoms with Gasteiger partial charge in [-0.2, -0.15) is 0 Å². The average molecular weight is 264 g/mol. The van der Waals surface area contributed by atoms with Gasteiger partial charge < -0.3 is 14.8 Å². The summed E-state index contributed by atoms with van der Waals surface area (Å²) in [5, 5.41) is 3.48. The molecule has 4 nitrogen and oxygen atoms in total. The molecule has 0 radical (unpaired) electrons. The summed E-state index contributed by atoms with van der Waals surface area (Å²) in [4.78, 5) is 4.41. The highest BCUT2D eigenvalue weighted by Crippen LogP contribution is 2.19. The number of aromatic nitrogens is 1. The summed E-state index contributed by atoms with van der Waals surface area (Å²) in [6.07, 6.45) is 5.62. The van der Waals surface area contributed by atoms with Gasteiger partial charge in [-0.3, -0.25) is 4.98 Å². The Kier molecular flexibility index (Phi) is 6.27. The number of hydrogen-bond acceptors (Lipinski definition) is 4. The molecule has 0 aromatic carbocycles. The fourth-order valence-corrected chi connectivity index (χ4v) is 1.74. The first-order valence-corrected chi connectivity index (χ1v) is 7.21. The van der Waals surface area contributed by atoms with E-state index in [1.807, 2.05) is 12.3 Å². The Bertz CT molecular complexity index is 350. The molecule has 0 saturated heterocycles. The van der Waals surface area contributed by atoms with Gasteiger partial charge >= 0.3 is 0 Å². The van der Waals surface area contributed by atoms with E-state index >= 15 is 0 Å². The predicted octanol–water partition coefficient (Wildman–Crippen LogP) is 2.28. The second kappa shape index (κ2) is 8.25. The smallest absolute Gasteiger partial charge is 0.0889 e. The summed E-state index contributed by atoms with van der Waals surface area (Å²) in [5.74, 6) is 0. The molecule has 0 atom stereocenters. The van der Waals surface area contributed by atoms with E-state index in [1.165, 1.54) is 18.4 Å². The number of rotatable bonds is 10. The molecule has 0 aliphatic heterocycles. The zero-order valence-electron chi connectivity index (χ0n) is 11.7. The van der Waals surface area contributed by atoms with Crippen LogP contribution in [0.15, 0.2) is 18.3 Å². The molecule has 1 aromatic rings. The first-order chi connectivity index (χ1) is 9.38. The zero-order valence-corrected chi connectivity index (χ0v) is 11.7. The Balaban J connectivity index is 1.58. The van der Waals surface area contributed by atoms with Gasteiger partial charge in [0.25, 0.3) is 0 Å². The Morgan fingerprint density at radius 2 is 2.05 bits per heavy atom. The topological polar surface area (TPSA) is 43.4 Å². The minimum absolute atomic E-state index is 0.561. The lowest BCUT2D eigenvalue weighted by Crippen LogP contribution is -2.15. The normalized spacial score (nSPS) is 14.8. The summed E-state index contributed by atoms with van der Waals surface area (Å²) in [7, 11) is 0. The van der Waals surface area contributed by atoms with Gasteiger partial charge in [0.1, 0.15) is 0 Å². The lowest BCUT2D eigenvalue weighted by Gasteiger charge is -2.06. The predicted molar refractivity (Wildman–Crippen MR) is 74.9 cm³/mol. The summed E-state index contributed by atoms with van der Waals surface area (Å²) >= 11 is 0. The van der Waals surface area contributed by atoms with Crippen LogP contribution in [-0.4, -0.2) is 30.8 Å². The van der Waals surface area contributed by atoms with Crippen molar-refractivity contribution in [1.29, 1.82) is 0 Å². The van der Waals surface area contributed by atoms with Crippen molar-refractivity contribution in [2.24, 2.45) is 0 Å². The molecule has 0 spiro atoms. The van der Waals surface area contributed by atoms with Crippen LogP contribution in [0.5, 0.6) is 0 Å². The second-order valence-corrected chi connectivity index (χ2v) is 4.98. The van der Waals surface area contributed by atoms with Crippen LogP contribution in [0, 0.1) is 0 Å². The fourth-order valence-electron chi connectivity index (χ4n) is 1.74. The molecular formula is C15H24N2O2.